The highest BCUT2D eigenvalue weighted by Gasteiger charge is 2.45. The lowest BCUT2D eigenvalue weighted by atomic mass is 9.99. The zero-order chi connectivity index (χ0) is 25.4. The van der Waals surface area contributed by atoms with Crippen molar-refractivity contribution in [3.05, 3.63) is 40.6 Å². The molecule has 2 aromatic carbocycles. The van der Waals surface area contributed by atoms with E-state index in [1.807, 2.05) is 0 Å². The number of benzene rings is 2. The summed E-state index contributed by atoms with van der Waals surface area (Å²) in [5.41, 5.74) is -0.943. The molecule has 7 N–H and O–H groups in total. The fourth-order valence-electron chi connectivity index (χ4n) is 3.65. The van der Waals surface area contributed by atoms with Gasteiger partial charge < -0.3 is 54.5 Å². The second kappa shape index (κ2) is 9.58. The van der Waals surface area contributed by atoms with Crippen molar-refractivity contribution in [1.29, 1.82) is 0 Å². The highest BCUT2D eigenvalue weighted by Crippen LogP contribution is 2.39. The maximum atomic E-state index is 13.4. The minimum absolute atomic E-state index is 0.117. The summed E-state index contributed by atoms with van der Waals surface area (Å²) in [6.45, 7) is -0.706. The standard InChI is InChI=1S/C22H22O13/c1-31-35-21-17(28)15-12(32-20(21)8-2-3-10(25)11(26)4-8)5-9(24)6-13(15)33-22-19(30)18(29)16(27)14(7-23)34-22/h2-6,14,16,18-19,22-27,29-30H,7H2,1H3. The molecule has 0 amide bonds. The van der Waals surface area contributed by atoms with Crippen LogP contribution in [0.3, 0.4) is 0 Å². The Morgan fingerprint density at radius 2 is 1.71 bits per heavy atom. The van der Waals surface area contributed by atoms with Crippen LogP contribution in [0.5, 0.6) is 28.7 Å². The van der Waals surface area contributed by atoms with Crippen molar-refractivity contribution in [2.75, 3.05) is 13.7 Å². The maximum Gasteiger partial charge on any atom is 0.256 e. The Morgan fingerprint density at radius 3 is 2.37 bits per heavy atom. The van der Waals surface area contributed by atoms with E-state index in [1.54, 1.807) is 0 Å². The second-order valence-corrected chi connectivity index (χ2v) is 7.68. The predicted octanol–water partition coefficient (Wildman–Crippen LogP) is -0.304. The van der Waals surface area contributed by atoms with Gasteiger partial charge in [-0.2, -0.15) is 4.89 Å². The van der Waals surface area contributed by atoms with Crippen LogP contribution in [-0.2, 0) is 9.62 Å². The van der Waals surface area contributed by atoms with Crippen LogP contribution in [0.2, 0.25) is 0 Å². The normalized spacial score (nSPS) is 24.4. The monoisotopic (exact) mass is 494 g/mol. The van der Waals surface area contributed by atoms with Crippen molar-refractivity contribution in [2.24, 2.45) is 0 Å². The van der Waals surface area contributed by atoms with Crippen molar-refractivity contribution in [3.8, 4) is 40.1 Å². The van der Waals surface area contributed by atoms with Crippen LogP contribution in [-0.4, -0.2) is 80.2 Å². The van der Waals surface area contributed by atoms with Crippen molar-refractivity contribution in [1.82, 2.24) is 0 Å². The molecule has 1 aliphatic heterocycles. The molecular weight excluding hydrogens is 472 g/mol. The van der Waals surface area contributed by atoms with Crippen molar-refractivity contribution < 1.29 is 59.4 Å². The third-order valence-electron chi connectivity index (χ3n) is 5.40. The van der Waals surface area contributed by atoms with E-state index in [-0.39, 0.29) is 28.0 Å². The number of hydrogen-bond acceptors (Lipinski definition) is 13. The molecular formula is C22H22O13. The molecule has 5 atom stereocenters. The molecule has 1 aromatic heterocycles. The SMILES string of the molecule is COOc1c(-c2ccc(O)c(O)c2)oc2cc(O)cc(OC3OC(CO)C(O)C(O)C3O)c2c1=O. The van der Waals surface area contributed by atoms with E-state index in [2.05, 4.69) is 4.89 Å². The highest BCUT2D eigenvalue weighted by atomic mass is 17.2. The van der Waals surface area contributed by atoms with Gasteiger partial charge in [0.15, 0.2) is 17.3 Å². The quantitative estimate of drug-likeness (QED) is 0.133. The lowest BCUT2D eigenvalue weighted by molar-refractivity contribution is -0.277. The van der Waals surface area contributed by atoms with Gasteiger partial charge in [0.2, 0.25) is 11.7 Å². The lowest BCUT2D eigenvalue weighted by Gasteiger charge is -2.39. The van der Waals surface area contributed by atoms with Crippen LogP contribution in [0.4, 0.5) is 0 Å². The molecule has 5 unspecified atom stereocenters. The molecule has 2 heterocycles. The molecule has 4 rings (SSSR count). The van der Waals surface area contributed by atoms with Gasteiger partial charge in [-0.3, -0.25) is 4.79 Å². The van der Waals surface area contributed by atoms with Crippen LogP contribution in [0.25, 0.3) is 22.3 Å². The molecule has 1 saturated heterocycles. The van der Waals surface area contributed by atoms with Crippen molar-refractivity contribution in [3.63, 3.8) is 0 Å². The summed E-state index contributed by atoms with van der Waals surface area (Å²) in [5, 5.41) is 69.0. The first-order valence-corrected chi connectivity index (χ1v) is 10.2. The summed E-state index contributed by atoms with van der Waals surface area (Å²) in [7, 11) is 1.13. The molecule has 0 bridgehead atoms. The molecule has 3 aromatic rings. The zero-order valence-electron chi connectivity index (χ0n) is 18.1. The molecule has 0 radical (unpaired) electrons. The number of phenolic OH excluding ortho intramolecular Hbond substituents is 3. The van der Waals surface area contributed by atoms with E-state index in [9.17, 15) is 40.5 Å². The van der Waals surface area contributed by atoms with E-state index in [1.165, 1.54) is 6.07 Å². The molecule has 1 aliphatic rings. The third-order valence-corrected chi connectivity index (χ3v) is 5.40. The molecule has 13 heteroatoms. The first kappa shape index (κ1) is 24.5. The second-order valence-electron chi connectivity index (χ2n) is 7.68. The van der Waals surface area contributed by atoms with E-state index in [0.717, 1.165) is 31.4 Å². The van der Waals surface area contributed by atoms with E-state index >= 15 is 0 Å². The van der Waals surface area contributed by atoms with Gasteiger partial charge >= 0.3 is 0 Å². The molecule has 0 aliphatic carbocycles. The number of hydrogen-bond donors (Lipinski definition) is 7. The number of phenols is 3. The minimum atomic E-state index is -1.79. The Bertz CT molecular complexity index is 1280. The average Bonchev–Trinajstić information content (AvgIpc) is 2.82. The summed E-state index contributed by atoms with van der Waals surface area (Å²) < 4.78 is 16.6. The molecule has 188 valence electrons. The molecule has 1 fully saturated rings. The van der Waals surface area contributed by atoms with Crippen molar-refractivity contribution in [2.45, 2.75) is 30.7 Å². The number of aliphatic hydroxyl groups excluding tert-OH is 4. The van der Waals surface area contributed by atoms with Gasteiger partial charge in [-0.1, -0.05) is 0 Å². The lowest BCUT2D eigenvalue weighted by Crippen LogP contribution is -2.60. The highest BCUT2D eigenvalue weighted by molar-refractivity contribution is 5.88. The average molecular weight is 494 g/mol. The Labute approximate surface area is 196 Å². The minimum Gasteiger partial charge on any atom is -0.508 e. The summed E-state index contributed by atoms with van der Waals surface area (Å²) in [6.07, 6.45) is -8.10. The first-order valence-electron chi connectivity index (χ1n) is 10.2. The Hall–Kier alpha value is -3.59. The first-order chi connectivity index (χ1) is 16.7. The van der Waals surface area contributed by atoms with Gasteiger partial charge in [-0.05, 0) is 18.2 Å². The van der Waals surface area contributed by atoms with Gasteiger partial charge in [0.1, 0.15) is 46.9 Å². The number of aromatic hydroxyl groups is 3. The van der Waals surface area contributed by atoms with E-state index in [4.69, 9.17) is 18.8 Å². The Balaban J connectivity index is 1.86. The number of aliphatic hydroxyl groups is 4. The van der Waals surface area contributed by atoms with Crippen LogP contribution in [0.1, 0.15) is 0 Å². The van der Waals surface area contributed by atoms with Gasteiger partial charge in [0, 0.05) is 17.7 Å². The number of fused-ring (bicyclic) bond motifs is 1. The summed E-state index contributed by atoms with van der Waals surface area (Å²) in [6, 6.07) is 5.70. The van der Waals surface area contributed by atoms with Gasteiger partial charge in [-0.15, -0.1) is 0 Å². The number of rotatable bonds is 6. The fraction of sp³-hybridized carbons (Fsp3) is 0.318. The zero-order valence-corrected chi connectivity index (χ0v) is 18.1. The largest absolute Gasteiger partial charge is 0.508 e. The van der Waals surface area contributed by atoms with Crippen LogP contribution in [0.15, 0.2) is 39.5 Å². The van der Waals surface area contributed by atoms with Gasteiger partial charge in [-0.25, -0.2) is 0 Å². The molecule has 35 heavy (non-hydrogen) atoms. The molecule has 0 saturated carbocycles. The van der Waals surface area contributed by atoms with E-state index in [0.29, 0.717) is 0 Å². The summed E-state index contributed by atoms with van der Waals surface area (Å²) in [5.74, 6) is -2.38. The maximum absolute atomic E-state index is 13.4. The van der Waals surface area contributed by atoms with Gasteiger partial charge in [0.05, 0.1) is 13.7 Å². The van der Waals surface area contributed by atoms with E-state index < -0.39 is 65.7 Å². The molecule has 13 nitrogen and oxygen atoms in total. The summed E-state index contributed by atoms with van der Waals surface area (Å²) >= 11 is 0. The van der Waals surface area contributed by atoms with Crippen LogP contribution in [0, 0.1) is 0 Å². The fourth-order valence-corrected chi connectivity index (χ4v) is 3.65. The smallest absolute Gasteiger partial charge is 0.256 e. The van der Waals surface area contributed by atoms with Crippen LogP contribution < -0.4 is 15.1 Å². The number of ether oxygens (including phenoxy) is 2. The topological polar surface area (TPSA) is 209 Å². The Kier molecular flexibility index (Phi) is 6.71. The van der Waals surface area contributed by atoms with Crippen molar-refractivity contribution >= 4 is 11.0 Å². The molecule has 0 spiro atoms. The summed E-state index contributed by atoms with van der Waals surface area (Å²) in [4.78, 5) is 23.0. The third kappa shape index (κ3) is 4.43. The van der Waals surface area contributed by atoms with Crippen LogP contribution >= 0.6 is 0 Å². The Morgan fingerprint density at radius 1 is 0.971 bits per heavy atom. The van der Waals surface area contributed by atoms with Gasteiger partial charge in [0.25, 0.3) is 5.75 Å². The predicted molar refractivity (Wildman–Crippen MR) is 115 cm³/mol.